The summed E-state index contributed by atoms with van der Waals surface area (Å²) in [5.74, 6) is -0.0848. The lowest BCUT2D eigenvalue weighted by atomic mass is 9.88. The fraction of sp³-hybridized carbons (Fsp3) is 0.714. The van der Waals surface area contributed by atoms with E-state index in [1.165, 1.54) is 7.11 Å². The van der Waals surface area contributed by atoms with E-state index in [-0.39, 0.29) is 6.04 Å². The van der Waals surface area contributed by atoms with E-state index >= 15 is 0 Å². The highest BCUT2D eigenvalue weighted by Crippen LogP contribution is 2.24. The van der Waals surface area contributed by atoms with Crippen LogP contribution in [0.1, 0.15) is 40.5 Å². The molecule has 1 aliphatic rings. The van der Waals surface area contributed by atoms with Crippen molar-refractivity contribution in [3.63, 3.8) is 0 Å². The maximum Gasteiger partial charge on any atom is 0.408 e. The zero-order valence-electron chi connectivity index (χ0n) is 12.3. The maximum atomic E-state index is 11.8. The number of carbonyl (C=O) groups excluding carboxylic acids is 2. The minimum atomic E-state index is -0.554. The molecule has 19 heavy (non-hydrogen) atoms. The number of hydrogen-bond acceptors (Lipinski definition) is 4. The van der Waals surface area contributed by atoms with Crippen LogP contribution >= 0.6 is 0 Å². The van der Waals surface area contributed by atoms with Gasteiger partial charge in [-0.3, -0.25) is 0 Å². The van der Waals surface area contributed by atoms with Crippen molar-refractivity contribution in [3.05, 3.63) is 11.6 Å². The Morgan fingerprint density at radius 1 is 1.32 bits per heavy atom. The van der Waals surface area contributed by atoms with Gasteiger partial charge in [0, 0.05) is 0 Å². The summed E-state index contributed by atoms with van der Waals surface area (Å²) >= 11 is 0. The van der Waals surface area contributed by atoms with Gasteiger partial charge in [0.25, 0.3) is 0 Å². The third-order valence-electron chi connectivity index (χ3n) is 2.86. The lowest BCUT2D eigenvalue weighted by molar-refractivity contribution is -0.136. The zero-order chi connectivity index (χ0) is 14.6. The fourth-order valence-electron chi connectivity index (χ4n) is 2.02. The maximum absolute atomic E-state index is 11.8. The van der Waals surface area contributed by atoms with Crippen LogP contribution in [0.3, 0.4) is 0 Å². The first-order chi connectivity index (χ1) is 8.73. The highest BCUT2D eigenvalue weighted by atomic mass is 16.6. The largest absolute Gasteiger partial charge is 0.466 e. The highest BCUT2D eigenvalue weighted by molar-refractivity contribution is 5.90. The molecule has 5 heteroatoms. The van der Waals surface area contributed by atoms with E-state index in [4.69, 9.17) is 9.47 Å². The molecule has 0 saturated carbocycles. The molecule has 0 aromatic rings. The molecule has 5 nitrogen and oxygen atoms in total. The van der Waals surface area contributed by atoms with Crippen LogP contribution in [0.2, 0.25) is 0 Å². The Balaban J connectivity index is 2.73. The molecule has 2 unspecified atom stereocenters. The summed E-state index contributed by atoms with van der Waals surface area (Å²) in [4.78, 5) is 23.5. The molecule has 1 aliphatic carbocycles. The lowest BCUT2D eigenvalue weighted by Crippen LogP contribution is -2.43. The Morgan fingerprint density at radius 3 is 2.47 bits per heavy atom. The minimum absolute atomic E-state index is 0.311. The van der Waals surface area contributed by atoms with Crippen LogP contribution < -0.4 is 5.32 Å². The van der Waals surface area contributed by atoms with Crippen LogP contribution in [0.5, 0.6) is 0 Å². The fourth-order valence-corrected chi connectivity index (χ4v) is 2.02. The predicted octanol–water partition coefficient (Wildman–Crippen LogP) is 2.41. The van der Waals surface area contributed by atoms with Crippen molar-refractivity contribution in [2.45, 2.75) is 52.2 Å². The van der Waals surface area contributed by atoms with E-state index in [1.807, 2.05) is 13.0 Å². The summed E-state index contributed by atoms with van der Waals surface area (Å²) in [5, 5.41) is 2.73. The Bertz CT molecular complexity index is 381. The van der Waals surface area contributed by atoms with Crippen LogP contribution in [-0.4, -0.2) is 30.8 Å². The minimum Gasteiger partial charge on any atom is -0.466 e. The molecule has 0 bridgehead atoms. The number of alkyl carbamates (subject to hydrolysis) is 1. The monoisotopic (exact) mass is 269 g/mol. The summed E-state index contributed by atoms with van der Waals surface area (Å²) in [6.07, 6.45) is 2.97. The number of hydrogen-bond donors (Lipinski definition) is 1. The number of methoxy groups -OCH3 is 1. The SMILES string of the molecule is COC(=O)C1=CC(C)CCC1NC(=O)OC(C)(C)C. The third-order valence-corrected chi connectivity index (χ3v) is 2.86. The van der Waals surface area contributed by atoms with Gasteiger partial charge in [-0.15, -0.1) is 0 Å². The number of amides is 1. The Kier molecular flexibility index (Phi) is 4.97. The first kappa shape index (κ1) is 15.5. The second-order valence-corrected chi connectivity index (χ2v) is 5.87. The molecule has 0 aromatic heterocycles. The normalized spacial score (nSPS) is 23.3. The molecule has 0 aliphatic heterocycles. The molecule has 0 aromatic carbocycles. The van der Waals surface area contributed by atoms with Crippen LogP contribution in [0.25, 0.3) is 0 Å². The number of esters is 1. The highest BCUT2D eigenvalue weighted by Gasteiger charge is 2.29. The number of ether oxygens (including phenoxy) is 2. The second kappa shape index (κ2) is 6.08. The van der Waals surface area contributed by atoms with Crippen LogP contribution in [0.15, 0.2) is 11.6 Å². The van der Waals surface area contributed by atoms with Crippen molar-refractivity contribution in [1.82, 2.24) is 5.32 Å². The first-order valence-corrected chi connectivity index (χ1v) is 6.52. The van der Waals surface area contributed by atoms with Crippen molar-refractivity contribution < 1.29 is 19.1 Å². The van der Waals surface area contributed by atoms with Gasteiger partial charge in [0.15, 0.2) is 0 Å². The standard InChI is InChI=1S/C14H23NO4/c1-9-6-7-11(10(8-9)12(16)18-5)15-13(17)19-14(2,3)4/h8-9,11H,6-7H2,1-5H3,(H,15,17). The average Bonchev–Trinajstić information content (AvgIpc) is 2.28. The van der Waals surface area contributed by atoms with Crippen molar-refractivity contribution in [1.29, 1.82) is 0 Å². The van der Waals surface area contributed by atoms with Crippen LogP contribution in [-0.2, 0) is 14.3 Å². The molecule has 0 saturated heterocycles. The van der Waals surface area contributed by atoms with E-state index in [1.54, 1.807) is 20.8 Å². The molecule has 1 amide bonds. The summed E-state index contributed by atoms with van der Waals surface area (Å²) in [5.41, 5.74) is -0.0478. The Morgan fingerprint density at radius 2 is 1.95 bits per heavy atom. The van der Waals surface area contributed by atoms with E-state index in [0.29, 0.717) is 17.9 Å². The molecular formula is C14H23NO4. The number of nitrogens with one attached hydrogen (secondary N) is 1. The molecular weight excluding hydrogens is 246 g/mol. The van der Waals surface area contributed by atoms with Gasteiger partial charge in [0.1, 0.15) is 5.60 Å². The number of rotatable bonds is 2. The molecule has 0 fully saturated rings. The van der Waals surface area contributed by atoms with Crippen molar-refractivity contribution >= 4 is 12.1 Å². The molecule has 0 radical (unpaired) electrons. The average molecular weight is 269 g/mol. The van der Waals surface area contributed by atoms with Gasteiger partial charge in [-0.25, -0.2) is 9.59 Å². The van der Waals surface area contributed by atoms with E-state index in [2.05, 4.69) is 5.32 Å². The van der Waals surface area contributed by atoms with Gasteiger partial charge in [0.05, 0.1) is 18.7 Å². The molecule has 1 N–H and O–H groups in total. The molecule has 0 heterocycles. The Hall–Kier alpha value is -1.52. The van der Waals surface area contributed by atoms with Gasteiger partial charge < -0.3 is 14.8 Å². The number of carbonyl (C=O) groups is 2. The van der Waals surface area contributed by atoms with Gasteiger partial charge >= 0.3 is 12.1 Å². The van der Waals surface area contributed by atoms with E-state index in [0.717, 1.165) is 6.42 Å². The Labute approximate surface area is 114 Å². The van der Waals surface area contributed by atoms with Gasteiger partial charge in [-0.1, -0.05) is 13.0 Å². The molecule has 1 rings (SSSR count). The van der Waals surface area contributed by atoms with Crippen LogP contribution in [0.4, 0.5) is 4.79 Å². The van der Waals surface area contributed by atoms with Crippen LogP contribution in [0, 0.1) is 5.92 Å². The van der Waals surface area contributed by atoms with E-state index in [9.17, 15) is 9.59 Å². The molecule has 108 valence electrons. The molecule has 2 atom stereocenters. The van der Waals surface area contributed by atoms with Crippen molar-refractivity contribution in [2.24, 2.45) is 5.92 Å². The van der Waals surface area contributed by atoms with Gasteiger partial charge in [0.2, 0.25) is 0 Å². The topological polar surface area (TPSA) is 64.6 Å². The van der Waals surface area contributed by atoms with Gasteiger partial charge in [-0.2, -0.15) is 0 Å². The molecule has 0 spiro atoms. The van der Waals surface area contributed by atoms with Gasteiger partial charge in [-0.05, 0) is 39.5 Å². The van der Waals surface area contributed by atoms with Crippen molar-refractivity contribution in [2.75, 3.05) is 7.11 Å². The smallest absolute Gasteiger partial charge is 0.408 e. The zero-order valence-corrected chi connectivity index (χ0v) is 12.3. The summed E-state index contributed by atoms with van der Waals surface area (Å²) in [6, 6.07) is -0.335. The van der Waals surface area contributed by atoms with E-state index < -0.39 is 17.7 Å². The lowest BCUT2D eigenvalue weighted by Gasteiger charge is -2.28. The second-order valence-electron chi connectivity index (χ2n) is 5.87. The summed E-state index contributed by atoms with van der Waals surface area (Å²) in [6.45, 7) is 7.43. The third kappa shape index (κ3) is 4.93. The van der Waals surface area contributed by atoms with Crippen molar-refractivity contribution in [3.8, 4) is 0 Å². The quantitative estimate of drug-likeness (QED) is 0.782. The first-order valence-electron chi connectivity index (χ1n) is 6.52. The number of allylic oxidation sites excluding steroid dienone is 1. The predicted molar refractivity (Wildman–Crippen MR) is 71.7 cm³/mol. The summed E-state index contributed by atoms with van der Waals surface area (Å²) in [7, 11) is 1.34. The summed E-state index contributed by atoms with van der Waals surface area (Å²) < 4.78 is 9.95.